The number of carbonyl (C=O) groups is 4. The zero-order chi connectivity index (χ0) is 44.5. The summed E-state index contributed by atoms with van der Waals surface area (Å²) in [6.07, 6.45) is -13.5. The summed E-state index contributed by atoms with van der Waals surface area (Å²) in [5.74, 6) is -0.870. The van der Waals surface area contributed by atoms with Crippen LogP contribution < -0.4 is 5.32 Å². The number of nitrogens with one attached hydrogen (secondary N) is 1. The number of rotatable bonds is 11. The minimum atomic E-state index is -5.12. The van der Waals surface area contributed by atoms with E-state index in [1.54, 1.807) is 60.7 Å². The molecule has 5 amide bonds. The largest absolute Gasteiger partial charge is 0.445 e. The van der Waals surface area contributed by atoms with Gasteiger partial charge in [0.25, 0.3) is 5.91 Å². The maximum atomic E-state index is 14.3. The van der Waals surface area contributed by atoms with Crippen molar-refractivity contribution in [1.29, 1.82) is 0 Å². The Balaban J connectivity index is 1.51. The number of nitrogens with zero attached hydrogens (tertiary/aromatic N) is 3. The van der Waals surface area contributed by atoms with Crippen molar-refractivity contribution in [3.05, 3.63) is 107 Å². The van der Waals surface area contributed by atoms with E-state index in [4.69, 9.17) is 14.2 Å². The van der Waals surface area contributed by atoms with E-state index in [1.165, 1.54) is 27.7 Å². The summed E-state index contributed by atoms with van der Waals surface area (Å²) in [6.45, 7) is 3.18. The van der Waals surface area contributed by atoms with Gasteiger partial charge in [0.15, 0.2) is 0 Å². The lowest BCUT2D eigenvalue weighted by Crippen LogP contribution is -2.67. The third kappa shape index (κ3) is 10.3. The number of carbonyl (C=O) groups excluding carboxylic acids is 4. The lowest BCUT2D eigenvalue weighted by atomic mass is 9.74. The van der Waals surface area contributed by atoms with Crippen LogP contribution in [0.25, 0.3) is 0 Å². The molecule has 60 heavy (non-hydrogen) atoms. The lowest BCUT2D eigenvalue weighted by Gasteiger charge is -2.51. The van der Waals surface area contributed by atoms with Crippen molar-refractivity contribution in [1.82, 2.24) is 19.4 Å². The predicted molar refractivity (Wildman–Crippen MR) is 202 cm³/mol. The molecule has 2 saturated heterocycles. The monoisotopic (exact) mass is 870 g/mol. The van der Waals surface area contributed by atoms with E-state index in [0.717, 1.165) is 11.2 Å². The van der Waals surface area contributed by atoms with E-state index < -0.39 is 112 Å². The van der Waals surface area contributed by atoms with E-state index in [9.17, 15) is 53.9 Å². The summed E-state index contributed by atoms with van der Waals surface area (Å²) in [6, 6.07) is 16.8. The number of amides is 5. The molecular formula is C40H44F6N4O9S. The number of likely N-dealkylation sites (tertiary alicyclic amines) is 1. The van der Waals surface area contributed by atoms with Crippen molar-refractivity contribution < 1.29 is 68.1 Å². The third-order valence-corrected chi connectivity index (χ3v) is 11.2. The molecule has 0 bridgehead atoms. The molecular weight excluding hydrogens is 827 g/mol. The highest BCUT2D eigenvalue weighted by molar-refractivity contribution is 7.88. The van der Waals surface area contributed by atoms with Crippen molar-refractivity contribution in [2.75, 3.05) is 32.5 Å². The van der Waals surface area contributed by atoms with Crippen LogP contribution >= 0.6 is 0 Å². The molecule has 326 valence electrons. The molecule has 2 aliphatic rings. The van der Waals surface area contributed by atoms with Crippen molar-refractivity contribution >= 4 is 34.1 Å². The second-order valence-corrected chi connectivity index (χ2v) is 17.5. The van der Waals surface area contributed by atoms with Crippen LogP contribution in [0.1, 0.15) is 74.5 Å². The molecule has 2 fully saturated rings. The molecule has 20 heteroatoms. The van der Waals surface area contributed by atoms with Gasteiger partial charge in [0, 0.05) is 6.54 Å². The maximum Gasteiger partial charge on any atom is 0.424 e. The molecule has 13 nitrogen and oxygen atoms in total. The molecule has 0 aromatic heterocycles. The fourth-order valence-corrected chi connectivity index (χ4v) is 7.72. The van der Waals surface area contributed by atoms with Gasteiger partial charge in [0.2, 0.25) is 10.0 Å². The molecule has 3 aromatic carbocycles. The number of sulfonamides is 1. The summed E-state index contributed by atoms with van der Waals surface area (Å²) in [5.41, 5.74) is -7.07. The predicted octanol–water partition coefficient (Wildman–Crippen LogP) is 7.62. The fraction of sp³-hybridized carbons (Fsp3) is 0.450. The Bertz CT molecular complexity index is 2150. The second kappa shape index (κ2) is 16.9. The molecule has 0 saturated carbocycles. The van der Waals surface area contributed by atoms with Gasteiger partial charge in [0.05, 0.1) is 48.7 Å². The quantitative estimate of drug-likeness (QED) is 0.152. The van der Waals surface area contributed by atoms with Crippen LogP contribution in [0.5, 0.6) is 0 Å². The Morgan fingerprint density at radius 1 is 0.883 bits per heavy atom. The van der Waals surface area contributed by atoms with E-state index in [0.29, 0.717) is 32.5 Å². The van der Waals surface area contributed by atoms with Crippen molar-refractivity contribution in [2.45, 2.75) is 82.3 Å². The number of hydrogen-bond donors (Lipinski definition) is 1. The first-order valence-corrected chi connectivity index (χ1v) is 20.4. The smallest absolute Gasteiger partial charge is 0.424 e. The molecule has 1 unspecified atom stereocenters. The van der Waals surface area contributed by atoms with Crippen LogP contribution in [-0.4, -0.2) is 90.3 Å². The van der Waals surface area contributed by atoms with Gasteiger partial charge in [-0.25, -0.2) is 27.1 Å². The van der Waals surface area contributed by atoms with Gasteiger partial charge in [-0.2, -0.15) is 26.3 Å². The second-order valence-electron chi connectivity index (χ2n) is 15.6. The number of benzene rings is 3. The summed E-state index contributed by atoms with van der Waals surface area (Å²) in [4.78, 5) is 56.8. The third-order valence-electron chi connectivity index (χ3n) is 10.1. The normalized spacial score (nSPS) is 20.5. The number of ether oxygens (including phenoxy) is 3. The average Bonchev–Trinajstić information content (AvgIpc) is 3.38. The topological polar surface area (TPSA) is 152 Å². The molecule has 5 rings (SSSR count). The minimum Gasteiger partial charge on any atom is -0.445 e. The summed E-state index contributed by atoms with van der Waals surface area (Å²) in [5, 5.41) is 2.63. The number of halogens is 6. The Labute approximate surface area is 342 Å². The Kier molecular flexibility index (Phi) is 12.9. The van der Waals surface area contributed by atoms with Crippen molar-refractivity contribution in [2.24, 2.45) is 0 Å². The van der Waals surface area contributed by atoms with E-state index in [2.05, 4.69) is 5.32 Å². The zero-order valence-electron chi connectivity index (χ0n) is 33.2. The molecule has 1 N–H and O–H groups in total. The highest BCUT2D eigenvalue weighted by atomic mass is 32.2. The molecule has 1 spiro atoms. The molecule has 3 atom stereocenters. The summed E-state index contributed by atoms with van der Waals surface area (Å²) in [7, 11) is -4.25. The van der Waals surface area contributed by atoms with Crippen LogP contribution in [-0.2, 0) is 53.5 Å². The highest BCUT2D eigenvalue weighted by Gasteiger charge is 2.60. The van der Waals surface area contributed by atoms with Crippen LogP contribution in [0.3, 0.4) is 0 Å². The van der Waals surface area contributed by atoms with Gasteiger partial charge < -0.3 is 19.5 Å². The van der Waals surface area contributed by atoms with E-state index in [1.807, 2.05) is 0 Å². The van der Waals surface area contributed by atoms with E-state index >= 15 is 0 Å². The van der Waals surface area contributed by atoms with Gasteiger partial charge in [-0.15, -0.1) is 0 Å². The van der Waals surface area contributed by atoms with Crippen LogP contribution in [0.2, 0.25) is 0 Å². The molecule has 3 aromatic rings. The van der Waals surface area contributed by atoms with Gasteiger partial charge in [0.1, 0.15) is 17.7 Å². The lowest BCUT2D eigenvalue weighted by molar-refractivity contribution is -0.143. The van der Waals surface area contributed by atoms with Gasteiger partial charge in [-0.3, -0.25) is 14.6 Å². The Morgan fingerprint density at radius 3 is 1.98 bits per heavy atom. The highest BCUT2D eigenvalue weighted by Crippen LogP contribution is 2.45. The molecule has 0 radical (unpaired) electrons. The van der Waals surface area contributed by atoms with Gasteiger partial charge in [-0.1, -0.05) is 60.7 Å². The van der Waals surface area contributed by atoms with Gasteiger partial charge in [-0.05, 0) is 75.4 Å². The standard InChI is InChI=1S/C40H44F6N4O9S/c1-26(28-20-30(39(41,42)43)22-31(21-28)40(44,45)46)58-25-38(29-14-10-7-11-15-29)17-16-37(24-49(38)34(53)57-23-27-12-8-6-9-13-27)32(51)48(33(52)47-37)18-19-50(60(5,55)56)35(54)59-36(2,3)4/h6-15,20-22,26H,16-19,23-25H2,1-5H3,(H,47,52)/t26-,37?,38+/m1/s1. The number of imide groups is 1. The first-order chi connectivity index (χ1) is 27.8. The van der Waals surface area contributed by atoms with Gasteiger partial charge >= 0.3 is 30.6 Å². The Morgan fingerprint density at radius 2 is 1.45 bits per heavy atom. The van der Waals surface area contributed by atoms with Crippen molar-refractivity contribution in [3.63, 3.8) is 0 Å². The first kappa shape index (κ1) is 45.7. The maximum absolute atomic E-state index is 14.3. The fourth-order valence-electron chi connectivity index (χ4n) is 7.00. The molecule has 2 heterocycles. The zero-order valence-corrected chi connectivity index (χ0v) is 34.0. The SMILES string of the molecule is C[C@@H](OC[C@]1(c2ccccc2)CCC2(CN1C(=O)OCc1ccccc1)NC(=O)N(CCN(C(=O)OC(C)(C)C)S(C)(=O)=O)C2=O)c1cc(C(F)(F)F)cc(C(F)(F)F)c1. The number of piperidine rings is 1. The average molecular weight is 871 g/mol. The minimum absolute atomic E-state index is 0.000819. The summed E-state index contributed by atoms with van der Waals surface area (Å²) < 4.78 is 125. The summed E-state index contributed by atoms with van der Waals surface area (Å²) >= 11 is 0. The number of alkyl halides is 6. The molecule has 0 aliphatic carbocycles. The molecule has 2 aliphatic heterocycles. The first-order valence-electron chi connectivity index (χ1n) is 18.6. The van der Waals surface area contributed by atoms with Crippen molar-refractivity contribution in [3.8, 4) is 0 Å². The Hall–Kier alpha value is -5.37. The number of hydrogen-bond acceptors (Lipinski definition) is 9. The van der Waals surface area contributed by atoms with Crippen LogP contribution in [0.15, 0.2) is 78.9 Å². The van der Waals surface area contributed by atoms with Crippen LogP contribution in [0, 0.1) is 0 Å². The van der Waals surface area contributed by atoms with Crippen LogP contribution in [0.4, 0.5) is 40.7 Å². The number of urea groups is 1. The van der Waals surface area contributed by atoms with E-state index in [-0.39, 0.29) is 25.5 Å².